The van der Waals surface area contributed by atoms with E-state index < -0.39 is 22.0 Å². The fourth-order valence-corrected chi connectivity index (χ4v) is 4.32. The van der Waals surface area contributed by atoms with Gasteiger partial charge in [0.2, 0.25) is 15.9 Å². The lowest BCUT2D eigenvalue weighted by Gasteiger charge is -2.17. The standard InChI is InChI=1S/C23H24N2O5S/c1-16-13-14-21(29-3)22(15-16)31(27,28)25-17(2)23(26)24-19-11-7-8-12-20(19)30-18-9-5-4-6-10-18/h4-15,17,25H,1-3H3,(H,24,26)/t17-/m1/s1. The van der Waals surface area contributed by atoms with Gasteiger partial charge in [-0.2, -0.15) is 4.72 Å². The van der Waals surface area contributed by atoms with E-state index >= 15 is 0 Å². The third-order valence-corrected chi connectivity index (χ3v) is 6.01. The first kappa shape index (κ1) is 22.3. The van der Waals surface area contributed by atoms with Gasteiger partial charge in [-0.25, -0.2) is 8.42 Å². The fourth-order valence-electron chi connectivity index (χ4n) is 2.86. The summed E-state index contributed by atoms with van der Waals surface area (Å²) in [5.74, 6) is 0.730. The van der Waals surface area contributed by atoms with Crippen LogP contribution in [0.2, 0.25) is 0 Å². The molecule has 1 atom stereocenters. The molecule has 3 aromatic carbocycles. The quantitative estimate of drug-likeness (QED) is 0.550. The molecule has 0 aromatic heterocycles. The maximum atomic E-state index is 12.8. The zero-order chi connectivity index (χ0) is 22.4. The number of carbonyl (C=O) groups is 1. The molecule has 0 aliphatic heterocycles. The van der Waals surface area contributed by atoms with Crippen molar-refractivity contribution in [1.82, 2.24) is 4.72 Å². The van der Waals surface area contributed by atoms with E-state index in [1.54, 1.807) is 55.5 Å². The Balaban J connectivity index is 1.75. The van der Waals surface area contributed by atoms with E-state index in [1.165, 1.54) is 20.1 Å². The number of nitrogens with one attached hydrogen (secondary N) is 2. The first-order valence-electron chi connectivity index (χ1n) is 9.60. The third-order valence-electron chi connectivity index (χ3n) is 4.45. The molecule has 0 spiro atoms. The van der Waals surface area contributed by atoms with Gasteiger partial charge in [0, 0.05) is 0 Å². The van der Waals surface area contributed by atoms with Crippen molar-refractivity contribution in [3.63, 3.8) is 0 Å². The molecule has 0 aliphatic carbocycles. The van der Waals surface area contributed by atoms with E-state index in [1.807, 2.05) is 18.2 Å². The van der Waals surface area contributed by atoms with E-state index in [2.05, 4.69) is 10.0 Å². The number of para-hydroxylation sites is 3. The van der Waals surface area contributed by atoms with Crippen LogP contribution in [0.25, 0.3) is 0 Å². The molecule has 1 amide bonds. The minimum Gasteiger partial charge on any atom is -0.495 e. The Bertz CT molecular complexity index is 1160. The summed E-state index contributed by atoms with van der Waals surface area (Å²) in [6.45, 7) is 3.24. The van der Waals surface area contributed by atoms with Crippen LogP contribution in [-0.2, 0) is 14.8 Å². The van der Waals surface area contributed by atoms with Crippen LogP contribution in [0.15, 0.2) is 77.7 Å². The van der Waals surface area contributed by atoms with Crippen LogP contribution in [0.1, 0.15) is 12.5 Å². The Morgan fingerprint density at radius 2 is 1.61 bits per heavy atom. The number of benzene rings is 3. The van der Waals surface area contributed by atoms with Gasteiger partial charge in [0.25, 0.3) is 0 Å². The van der Waals surface area contributed by atoms with E-state index in [9.17, 15) is 13.2 Å². The van der Waals surface area contributed by atoms with Gasteiger partial charge in [-0.15, -0.1) is 0 Å². The molecule has 0 aliphatic rings. The summed E-state index contributed by atoms with van der Waals surface area (Å²) in [5, 5.41) is 2.72. The van der Waals surface area contributed by atoms with Gasteiger partial charge in [-0.3, -0.25) is 4.79 Å². The number of hydrogen-bond acceptors (Lipinski definition) is 5. The highest BCUT2D eigenvalue weighted by Gasteiger charge is 2.25. The first-order chi connectivity index (χ1) is 14.8. The Morgan fingerprint density at radius 3 is 2.32 bits per heavy atom. The van der Waals surface area contributed by atoms with Gasteiger partial charge in [0.1, 0.15) is 16.4 Å². The molecule has 3 rings (SSSR count). The number of aryl methyl sites for hydroxylation is 1. The van der Waals surface area contributed by atoms with Crippen LogP contribution < -0.4 is 19.5 Å². The number of rotatable bonds is 8. The van der Waals surface area contributed by atoms with Crippen LogP contribution in [-0.4, -0.2) is 27.5 Å². The molecule has 0 unspecified atom stereocenters. The van der Waals surface area contributed by atoms with Crippen LogP contribution in [0, 0.1) is 6.92 Å². The summed E-state index contributed by atoms with van der Waals surface area (Å²) in [6, 6.07) is 19.9. The molecule has 3 aromatic rings. The van der Waals surface area contributed by atoms with E-state index in [0.717, 1.165) is 5.56 Å². The average Bonchev–Trinajstić information content (AvgIpc) is 2.75. The van der Waals surface area contributed by atoms with Crippen molar-refractivity contribution >= 4 is 21.6 Å². The van der Waals surface area contributed by atoms with Crippen molar-refractivity contribution in [3.8, 4) is 17.2 Å². The highest BCUT2D eigenvalue weighted by atomic mass is 32.2. The van der Waals surface area contributed by atoms with Crippen LogP contribution in [0.4, 0.5) is 5.69 Å². The second-order valence-electron chi connectivity index (χ2n) is 6.90. The normalized spacial score (nSPS) is 12.1. The first-order valence-corrected chi connectivity index (χ1v) is 11.1. The molecule has 0 fully saturated rings. The molecular weight excluding hydrogens is 416 g/mol. The summed E-state index contributed by atoms with van der Waals surface area (Å²) in [4.78, 5) is 12.7. The number of ether oxygens (including phenoxy) is 2. The SMILES string of the molecule is COc1ccc(C)cc1S(=O)(=O)N[C@H](C)C(=O)Nc1ccccc1Oc1ccccc1. The van der Waals surface area contributed by atoms with Crippen molar-refractivity contribution in [2.24, 2.45) is 0 Å². The summed E-state index contributed by atoms with van der Waals surface area (Å²) in [5.41, 5.74) is 1.18. The summed E-state index contributed by atoms with van der Waals surface area (Å²) < 4.78 is 39.1. The second kappa shape index (κ2) is 9.63. The number of carbonyl (C=O) groups excluding carboxylic acids is 1. The zero-order valence-electron chi connectivity index (χ0n) is 17.5. The third kappa shape index (κ3) is 5.62. The Labute approximate surface area is 182 Å². The van der Waals surface area contributed by atoms with Gasteiger partial charge in [0.15, 0.2) is 5.75 Å². The number of hydrogen-bond donors (Lipinski definition) is 2. The molecule has 162 valence electrons. The average molecular weight is 441 g/mol. The lowest BCUT2D eigenvalue weighted by atomic mass is 10.2. The minimum atomic E-state index is -3.99. The summed E-state index contributed by atoms with van der Waals surface area (Å²) in [7, 11) is -2.60. The van der Waals surface area contributed by atoms with E-state index in [-0.39, 0.29) is 10.6 Å². The summed E-state index contributed by atoms with van der Waals surface area (Å²) >= 11 is 0. The van der Waals surface area contributed by atoms with Crippen molar-refractivity contribution in [2.45, 2.75) is 24.8 Å². The topological polar surface area (TPSA) is 93.7 Å². The molecule has 8 heteroatoms. The number of amides is 1. The zero-order valence-corrected chi connectivity index (χ0v) is 18.3. The maximum absolute atomic E-state index is 12.8. The van der Waals surface area contributed by atoms with Crippen molar-refractivity contribution in [3.05, 3.63) is 78.4 Å². The second-order valence-corrected chi connectivity index (χ2v) is 8.58. The van der Waals surface area contributed by atoms with Crippen molar-refractivity contribution in [2.75, 3.05) is 12.4 Å². The Morgan fingerprint density at radius 1 is 0.935 bits per heavy atom. The lowest BCUT2D eigenvalue weighted by Crippen LogP contribution is -2.41. The molecule has 31 heavy (non-hydrogen) atoms. The van der Waals surface area contributed by atoms with E-state index in [4.69, 9.17) is 9.47 Å². The van der Waals surface area contributed by atoms with Crippen LogP contribution in [0.5, 0.6) is 17.2 Å². The summed E-state index contributed by atoms with van der Waals surface area (Å²) in [6.07, 6.45) is 0. The molecule has 7 nitrogen and oxygen atoms in total. The molecule has 0 saturated carbocycles. The molecular formula is C23H24N2O5S. The maximum Gasteiger partial charge on any atom is 0.244 e. The van der Waals surface area contributed by atoms with Crippen LogP contribution in [0.3, 0.4) is 0 Å². The largest absolute Gasteiger partial charge is 0.495 e. The van der Waals surface area contributed by atoms with Gasteiger partial charge in [-0.05, 0) is 55.8 Å². The van der Waals surface area contributed by atoms with Gasteiger partial charge < -0.3 is 14.8 Å². The van der Waals surface area contributed by atoms with Gasteiger partial charge in [-0.1, -0.05) is 36.4 Å². The number of anilines is 1. The Hall–Kier alpha value is -3.36. The molecule has 0 heterocycles. The van der Waals surface area contributed by atoms with Crippen molar-refractivity contribution < 1.29 is 22.7 Å². The smallest absolute Gasteiger partial charge is 0.244 e. The van der Waals surface area contributed by atoms with Crippen molar-refractivity contribution in [1.29, 1.82) is 0 Å². The predicted octanol–water partition coefficient (Wildman–Crippen LogP) is 4.10. The monoisotopic (exact) mass is 440 g/mol. The fraction of sp³-hybridized carbons (Fsp3) is 0.174. The lowest BCUT2D eigenvalue weighted by molar-refractivity contribution is -0.117. The predicted molar refractivity (Wildman–Crippen MR) is 119 cm³/mol. The highest BCUT2D eigenvalue weighted by Crippen LogP contribution is 2.29. The minimum absolute atomic E-state index is 0.0255. The van der Waals surface area contributed by atoms with Crippen LogP contribution >= 0.6 is 0 Å². The van der Waals surface area contributed by atoms with Gasteiger partial charge in [0.05, 0.1) is 18.8 Å². The number of sulfonamides is 1. The molecule has 0 radical (unpaired) electrons. The molecule has 2 N–H and O–H groups in total. The molecule has 0 bridgehead atoms. The van der Waals surface area contributed by atoms with Gasteiger partial charge >= 0.3 is 0 Å². The van der Waals surface area contributed by atoms with E-state index in [0.29, 0.717) is 17.2 Å². The molecule has 0 saturated heterocycles. The highest BCUT2D eigenvalue weighted by molar-refractivity contribution is 7.89. The number of methoxy groups -OCH3 is 1. The Kier molecular flexibility index (Phi) is 6.94.